The summed E-state index contributed by atoms with van der Waals surface area (Å²) in [6.07, 6.45) is 0. The Hall–Kier alpha value is -2.04. The number of benzene rings is 1. The lowest BCUT2D eigenvalue weighted by molar-refractivity contribution is -0.120. The lowest BCUT2D eigenvalue weighted by Gasteiger charge is -2.20. The van der Waals surface area contributed by atoms with Gasteiger partial charge in [0.25, 0.3) is 0 Å². The number of primary amides is 1. The van der Waals surface area contributed by atoms with Gasteiger partial charge < -0.3 is 11.1 Å². The number of nitrogens with two attached hydrogens (primary N) is 1. The van der Waals surface area contributed by atoms with Crippen LogP contribution in [0.25, 0.3) is 0 Å². The highest BCUT2D eigenvalue weighted by atomic mass is 16.2. The van der Waals surface area contributed by atoms with E-state index in [9.17, 15) is 9.59 Å². The molecule has 0 spiro atoms. The monoisotopic (exact) mass is 263 g/mol. The molecular weight excluding hydrogens is 242 g/mol. The first kappa shape index (κ1) is 15.0. The van der Waals surface area contributed by atoms with Crippen molar-refractivity contribution < 1.29 is 9.59 Å². The Morgan fingerprint density at radius 2 is 1.68 bits per heavy atom. The van der Waals surface area contributed by atoms with Gasteiger partial charge in [-0.2, -0.15) is 0 Å². The number of nitrogens with one attached hydrogen (secondary N) is 2. The highest BCUT2D eigenvalue weighted by Crippen LogP contribution is 2.23. The van der Waals surface area contributed by atoms with Crippen molar-refractivity contribution in [2.75, 3.05) is 5.32 Å². The normalized spacial score (nSPS) is 12.6. The molecule has 0 saturated carbocycles. The molecule has 1 unspecified atom stereocenters. The summed E-state index contributed by atoms with van der Waals surface area (Å²) in [4.78, 5) is 22.1. The maximum absolute atomic E-state index is 11.5. The quantitative estimate of drug-likeness (QED) is 0.779. The Labute approximate surface area is 113 Å². The minimum atomic E-state index is -0.846. The minimum Gasteiger partial charge on any atom is -0.374 e. The van der Waals surface area contributed by atoms with Gasteiger partial charge in [0.05, 0.1) is 0 Å². The van der Waals surface area contributed by atoms with Gasteiger partial charge in [0.1, 0.15) is 6.04 Å². The van der Waals surface area contributed by atoms with Gasteiger partial charge in [-0.3, -0.25) is 10.1 Å². The largest absolute Gasteiger partial charge is 0.374 e. The molecule has 1 aromatic rings. The third-order valence-corrected chi connectivity index (χ3v) is 2.77. The van der Waals surface area contributed by atoms with Gasteiger partial charge in [0, 0.05) is 5.69 Å². The molecule has 19 heavy (non-hydrogen) atoms. The van der Waals surface area contributed by atoms with Crippen molar-refractivity contribution in [3.8, 4) is 0 Å². The zero-order chi connectivity index (χ0) is 14.6. The van der Waals surface area contributed by atoms with Crippen LogP contribution < -0.4 is 16.4 Å². The molecule has 5 heteroatoms. The van der Waals surface area contributed by atoms with Crippen LogP contribution in [0.1, 0.15) is 33.3 Å². The molecular formula is C14H21N3O2. The Bertz CT molecular complexity index is 461. The minimum absolute atomic E-state index is 0.0908. The first-order valence-electron chi connectivity index (χ1n) is 6.17. The van der Waals surface area contributed by atoms with E-state index in [4.69, 9.17) is 5.73 Å². The van der Waals surface area contributed by atoms with Crippen LogP contribution in [0.5, 0.6) is 0 Å². The van der Waals surface area contributed by atoms with Crippen LogP contribution in [0.15, 0.2) is 24.3 Å². The fraction of sp³-hybridized carbons (Fsp3) is 0.429. The highest BCUT2D eigenvalue weighted by molar-refractivity contribution is 5.97. The number of urea groups is 1. The summed E-state index contributed by atoms with van der Waals surface area (Å²) in [6, 6.07) is 6.47. The predicted molar refractivity (Wildman–Crippen MR) is 76.0 cm³/mol. The molecule has 1 rings (SSSR count). The molecule has 1 atom stereocenters. The number of hydrogen-bond acceptors (Lipinski definition) is 3. The molecule has 0 heterocycles. The lowest BCUT2D eigenvalue weighted by atomic mass is 9.87. The van der Waals surface area contributed by atoms with E-state index in [0.717, 1.165) is 5.69 Å². The van der Waals surface area contributed by atoms with Gasteiger partial charge in [-0.05, 0) is 30.0 Å². The summed E-state index contributed by atoms with van der Waals surface area (Å²) in [6.45, 7) is 8.07. The Kier molecular flexibility index (Phi) is 4.53. The second-order valence-corrected chi connectivity index (χ2v) is 5.55. The Morgan fingerprint density at radius 1 is 1.16 bits per heavy atom. The standard InChI is InChI=1S/C14H21N3O2/c1-9(12(18)17-13(15)19)16-11-7-5-10(6-8-11)14(2,3)4/h5-9,16H,1-4H3,(H3,15,17,18,19). The third kappa shape index (κ3) is 4.62. The van der Waals surface area contributed by atoms with Gasteiger partial charge in [-0.15, -0.1) is 0 Å². The molecule has 0 aliphatic carbocycles. The number of amides is 3. The molecule has 0 bridgehead atoms. The summed E-state index contributed by atoms with van der Waals surface area (Å²) < 4.78 is 0. The molecule has 0 aliphatic rings. The number of anilines is 1. The van der Waals surface area contributed by atoms with E-state index in [2.05, 4.69) is 26.1 Å². The molecule has 5 nitrogen and oxygen atoms in total. The van der Waals surface area contributed by atoms with Crippen LogP contribution >= 0.6 is 0 Å². The first-order valence-corrected chi connectivity index (χ1v) is 6.17. The van der Waals surface area contributed by atoms with Crippen LogP contribution in [0.3, 0.4) is 0 Å². The highest BCUT2D eigenvalue weighted by Gasteiger charge is 2.15. The maximum Gasteiger partial charge on any atom is 0.318 e. The molecule has 0 aliphatic heterocycles. The van der Waals surface area contributed by atoms with Crippen molar-refractivity contribution in [1.29, 1.82) is 0 Å². The molecule has 0 saturated heterocycles. The average Bonchev–Trinajstić information content (AvgIpc) is 2.27. The van der Waals surface area contributed by atoms with Gasteiger partial charge >= 0.3 is 6.03 Å². The van der Waals surface area contributed by atoms with Gasteiger partial charge in [0.15, 0.2) is 0 Å². The van der Waals surface area contributed by atoms with Crippen LogP contribution in [-0.4, -0.2) is 18.0 Å². The SMILES string of the molecule is CC(Nc1ccc(C(C)(C)C)cc1)C(=O)NC(N)=O. The summed E-state index contributed by atoms with van der Waals surface area (Å²) in [5.41, 5.74) is 7.02. The first-order chi connectivity index (χ1) is 8.70. The van der Waals surface area contributed by atoms with E-state index in [0.29, 0.717) is 0 Å². The third-order valence-electron chi connectivity index (χ3n) is 2.77. The molecule has 0 aromatic heterocycles. The zero-order valence-corrected chi connectivity index (χ0v) is 11.8. The topological polar surface area (TPSA) is 84.2 Å². The fourth-order valence-electron chi connectivity index (χ4n) is 1.61. The summed E-state index contributed by atoms with van der Waals surface area (Å²) in [5, 5.41) is 5.04. The van der Waals surface area contributed by atoms with E-state index in [1.807, 2.05) is 29.6 Å². The van der Waals surface area contributed by atoms with Gasteiger partial charge in [-0.1, -0.05) is 32.9 Å². The van der Waals surface area contributed by atoms with Crippen molar-refractivity contribution >= 4 is 17.6 Å². The van der Waals surface area contributed by atoms with Crippen molar-refractivity contribution in [3.05, 3.63) is 29.8 Å². The Balaban J connectivity index is 2.68. The lowest BCUT2D eigenvalue weighted by Crippen LogP contribution is -2.43. The van der Waals surface area contributed by atoms with Crippen molar-refractivity contribution in [2.45, 2.75) is 39.2 Å². The van der Waals surface area contributed by atoms with Crippen molar-refractivity contribution in [2.24, 2.45) is 5.73 Å². The second-order valence-electron chi connectivity index (χ2n) is 5.55. The fourth-order valence-corrected chi connectivity index (χ4v) is 1.61. The van der Waals surface area contributed by atoms with Crippen molar-refractivity contribution in [3.63, 3.8) is 0 Å². The molecule has 3 amide bonds. The zero-order valence-electron chi connectivity index (χ0n) is 11.8. The van der Waals surface area contributed by atoms with Crippen LogP contribution in [-0.2, 0) is 10.2 Å². The summed E-state index contributed by atoms with van der Waals surface area (Å²) >= 11 is 0. The van der Waals surface area contributed by atoms with E-state index in [-0.39, 0.29) is 5.41 Å². The van der Waals surface area contributed by atoms with E-state index < -0.39 is 18.0 Å². The van der Waals surface area contributed by atoms with Gasteiger partial charge in [0.2, 0.25) is 5.91 Å². The molecule has 104 valence electrons. The smallest absolute Gasteiger partial charge is 0.318 e. The van der Waals surface area contributed by atoms with Crippen LogP contribution in [0.4, 0.5) is 10.5 Å². The number of imide groups is 1. The predicted octanol–water partition coefficient (Wildman–Crippen LogP) is 1.98. The number of carbonyl (C=O) groups is 2. The number of rotatable bonds is 3. The maximum atomic E-state index is 11.5. The average molecular weight is 263 g/mol. The second kappa shape index (κ2) is 5.73. The van der Waals surface area contributed by atoms with Crippen LogP contribution in [0.2, 0.25) is 0 Å². The molecule has 4 N–H and O–H groups in total. The summed E-state index contributed by atoms with van der Waals surface area (Å²) in [7, 11) is 0. The molecule has 0 radical (unpaired) electrons. The summed E-state index contributed by atoms with van der Waals surface area (Å²) in [5.74, 6) is -0.451. The Morgan fingerprint density at radius 3 is 2.11 bits per heavy atom. The number of hydrogen-bond donors (Lipinski definition) is 3. The van der Waals surface area contributed by atoms with E-state index in [1.165, 1.54) is 5.56 Å². The van der Waals surface area contributed by atoms with Gasteiger partial charge in [-0.25, -0.2) is 4.79 Å². The van der Waals surface area contributed by atoms with Crippen molar-refractivity contribution in [1.82, 2.24) is 5.32 Å². The van der Waals surface area contributed by atoms with Crippen LogP contribution in [0, 0.1) is 0 Å². The number of carbonyl (C=O) groups excluding carboxylic acids is 2. The van der Waals surface area contributed by atoms with E-state index in [1.54, 1.807) is 6.92 Å². The van der Waals surface area contributed by atoms with E-state index >= 15 is 0 Å². The molecule has 1 aromatic carbocycles. The molecule has 0 fully saturated rings.